The van der Waals surface area contributed by atoms with Crippen molar-refractivity contribution in [1.82, 2.24) is 14.3 Å². The second kappa shape index (κ2) is 5.71. The molecule has 0 amide bonds. The van der Waals surface area contributed by atoms with E-state index in [4.69, 9.17) is 23.2 Å². The first-order valence-electron chi connectivity index (χ1n) is 6.25. The van der Waals surface area contributed by atoms with Crippen LogP contribution in [0.4, 0.5) is 10.9 Å². The first-order chi connectivity index (χ1) is 9.63. The molecule has 20 heavy (non-hydrogen) atoms. The molecule has 3 rings (SSSR count). The zero-order valence-electron chi connectivity index (χ0n) is 10.9. The molecule has 0 spiro atoms. The van der Waals surface area contributed by atoms with E-state index in [9.17, 15) is 0 Å². The predicted molar refractivity (Wildman–Crippen MR) is 83.3 cm³/mol. The Labute approximate surface area is 131 Å². The molecule has 1 saturated heterocycles. The van der Waals surface area contributed by atoms with E-state index >= 15 is 0 Å². The van der Waals surface area contributed by atoms with Gasteiger partial charge in [-0.05, 0) is 13.0 Å². The fourth-order valence-electron chi connectivity index (χ4n) is 2.16. The van der Waals surface area contributed by atoms with Crippen molar-refractivity contribution in [1.29, 1.82) is 0 Å². The van der Waals surface area contributed by atoms with Crippen LogP contribution in [0.3, 0.4) is 0 Å². The highest BCUT2D eigenvalue weighted by Crippen LogP contribution is 2.27. The minimum Gasteiger partial charge on any atom is -0.352 e. The van der Waals surface area contributed by atoms with Crippen LogP contribution in [0.2, 0.25) is 10.0 Å². The van der Waals surface area contributed by atoms with Gasteiger partial charge in [-0.1, -0.05) is 23.2 Å². The lowest BCUT2D eigenvalue weighted by molar-refractivity contribution is 0.646. The van der Waals surface area contributed by atoms with E-state index in [1.54, 1.807) is 12.3 Å². The van der Waals surface area contributed by atoms with Gasteiger partial charge in [-0.25, -0.2) is 9.97 Å². The summed E-state index contributed by atoms with van der Waals surface area (Å²) in [5, 5.41) is 2.14. The van der Waals surface area contributed by atoms with Crippen LogP contribution < -0.4 is 9.80 Å². The van der Waals surface area contributed by atoms with Crippen molar-refractivity contribution >= 4 is 45.7 Å². The number of pyridine rings is 1. The number of hydrogen-bond donors (Lipinski definition) is 0. The maximum atomic E-state index is 6.20. The smallest absolute Gasteiger partial charge is 0.205 e. The SMILES string of the molecule is Cc1nsc(N2CCN(c3ncc(Cl)cc3Cl)CC2)n1. The van der Waals surface area contributed by atoms with Crippen LogP contribution in [0, 0.1) is 6.92 Å². The molecule has 0 saturated carbocycles. The highest BCUT2D eigenvalue weighted by molar-refractivity contribution is 7.09. The highest BCUT2D eigenvalue weighted by Gasteiger charge is 2.22. The minimum atomic E-state index is 0.557. The second-order valence-corrected chi connectivity index (χ2v) is 6.13. The number of nitrogens with zero attached hydrogens (tertiary/aromatic N) is 5. The van der Waals surface area contributed by atoms with Crippen molar-refractivity contribution in [3.05, 3.63) is 28.1 Å². The van der Waals surface area contributed by atoms with Gasteiger partial charge >= 0.3 is 0 Å². The number of piperazine rings is 1. The summed E-state index contributed by atoms with van der Waals surface area (Å²) in [6.07, 6.45) is 1.63. The maximum Gasteiger partial charge on any atom is 0.205 e. The van der Waals surface area contributed by atoms with Crippen molar-refractivity contribution in [2.45, 2.75) is 6.92 Å². The first kappa shape index (κ1) is 13.9. The number of anilines is 2. The number of halogens is 2. The maximum absolute atomic E-state index is 6.20. The number of hydrogen-bond acceptors (Lipinski definition) is 6. The molecule has 1 aliphatic heterocycles. The molecule has 1 fully saturated rings. The normalized spacial score (nSPS) is 15.8. The molecule has 8 heteroatoms. The molecule has 0 unspecified atom stereocenters. The van der Waals surface area contributed by atoms with E-state index in [-0.39, 0.29) is 0 Å². The van der Waals surface area contributed by atoms with Gasteiger partial charge in [0.05, 0.1) is 10.0 Å². The summed E-state index contributed by atoms with van der Waals surface area (Å²) in [4.78, 5) is 13.1. The van der Waals surface area contributed by atoms with Crippen molar-refractivity contribution in [3.63, 3.8) is 0 Å². The summed E-state index contributed by atoms with van der Waals surface area (Å²) in [6, 6.07) is 1.73. The molecule has 2 aromatic heterocycles. The Morgan fingerprint density at radius 3 is 2.45 bits per heavy atom. The van der Waals surface area contributed by atoms with E-state index < -0.39 is 0 Å². The van der Waals surface area contributed by atoms with Crippen LogP contribution in [-0.2, 0) is 0 Å². The Morgan fingerprint density at radius 2 is 1.85 bits per heavy atom. The van der Waals surface area contributed by atoms with Gasteiger partial charge in [0.2, 0.25) is 5.13 Å². The third-order valence-electron chi connectivity index (χ3n) is 3.15. The van der Waals surface area contributed by atoms with Crippen molar-refractivity contribution in [2.24, 2.45) is 0 Å². The fraction of sp³-hybridized carbons (Fsp3) is 0.417. The van der Waals surface area contributed by atoms with Gasteiger partial charge in [-0.3, -0.25) is 0 Å². The Balaban J connectivity index is 1.69. The number of aryl methyl sites for hydroxylation is 1. The fourth-order valence-corrected chi connectivity index (χ4v) is 3.39. The van der Waals surface area contributed by atoms with Crippen molar-refractivity contribution < 1.29 is 0 Å². The quantitative estimate of drug-likeness (QED) is 0.847. The van der Waals surface area contributed by atoms with E-state index in [1.807, 2.05) is 6.92 Å². The summed E-state index contributed by atoms with van der Waals surface area (Å²) in [7, 11) is 0. The summed E-state index contributed by atoms with van der Waals surface area (Å²) in [5.41, 5.74) is 0. The monoisotopic (exact) mass is 329 g/mol. The highest BCUT2D eigenvalue weighted by atomic mass is 35.5. The van der Waals surface area contributed by atoms with Crippen molar-refractivity contribution in [2.75, 3.05) is 36.0 Å². The Bertz CT molecular complexity index is 610. The molecule has 2 aromatic rings. The Hall–Kier alpha value is -1.11. The second-order valence-electron chi connectivity index (χ2n) is 4.56. The molecule has 0 aromatic carbocycles. The Morgan fingerprint density at radius 1 is 1.15 bits per heavy atom. The number of rotatable bonds is 2. The molecule has 1 aliphatic rings. The van der Waals surface area contributed by atoms with E-state index in [1.165, 1.54) is 11.5 Å². The Kier molecular flexibility index (Phi) is 3.96. The van der Waals surface area contributed by atoms with Gasteiger partial charge in [0.25, 0.3) is 0 Å². The molecule has 0 aliphatic carbocycles. The molecular weight excluding hydrogens is 317 g/mol. The topological polar surface area (TPSA) is 45.2 Å². The molecule has 0 N–H and O–H groups in total. The summed E-state index contributed by atoms with van der Waals surface area (Å²) >= 11 is 13.5. The first-order valence-corrected chi connectivity index (χ1v) is 7.77. The zero-order valence-corrected chi connectivity index (χ0v) is 13.2. The average molecular weight is 330 g/mol. The van der Waals surface area contributed by atoms with Crippen LogP contribution >= 0.6 is 34.7 Å². The summed E-state index contributed by atoms with van der Waals surface area (Å²) < 4.78 is 4.22. The predicted octanol–water partition coefficient (Wildman–Crippen LogP) is 2.87. The van der Waals surface area contributed by atoms with Crippen LogP contribution in [0.25, 0.3) is 0 Å². The summed E-state index contributed by atoms with van der Waals surface area (Å²) in [6.45, 7) is 5.39. The third kappa shape index (κ3) is 2.82. The standard InChI is InChI=1S/C12H13Cl2N5S/c1-8-16-12(20-17-8)19-4-2-18(3-5-19)11-10(14)6-9(13)7-15-11/h6-7H,2-5H2,1H3. The third-order valence-corrected chi connectivity index (χ3v) is 4.51. The van der Waals surface area contributed by atoms with Crippen LogP contribution in [-0.4, -0.2) is 40.5 Å². The van der Waals surface area contributed by atoms with E-state index in [0.717, 1.165) is 43.0 Å². The molecule has 106 valence electrons. The van der Waals surface area contributed by atoms with Gasteiger partial charge in [0.15, 0.2) is 0 Å². The molecular formula is C12H13Cl2N5S. The molecule has 0 radical (unpaired) electrons. The largest absolute Gasteiger partial charge is 0.352 e. The van der Waals surface area contributed by atoms with Gasteiger partial charge in [-0.2, -0.15) is 4.37 Å². The lowest BCUT2D eigenvalue weighted by atomic mass is 10.3. The van der Waals surface area contributed by atoms with Crippen LogP contribution in [0.15, 0.2) is 12.3 Å². The van der Waals surface area contributed by atoms with Crippen LogP contribution in [0.5, 0.6) is 0 Å². The van der Waals surface area contributed by atoms with E-state index in [0.29, 0.717) is 10.0 Å². The van der Waals surface area contributed by atoms with Gasteiger partial charge in [0, 0.05) is 43.9 Å². The minimum absolute atomic E-state index is 0.557. The number of aromatic nitrogens is 3. The summed E-state index contributed by atoms with van der Waals surface area (Å²) in [5.74, 6) is 1.62. The van der Waals surface area contributed by atoms with Gasteiger partial charge in [-0.15, -0.1) is 0 Å². The average Bonchev–Trinajstić information content (AvgIpc) is 2.86. The van der Waals surface area contributed by atoms with Crippen molar-refractivity contribution in [3.8, 4) is 0 Å². The van der Waals surface area contributed by atoms with Crippen LogP contribution in [0.1, 0.15) is 5.82 Å². The molecule has 0 atom stereocenters. The van der Waals surface area contributed by atoms with Gasteiger partial charge in [0.1, 0.15) is 11.6 Å². The lowest BCUT2D eigenvalue weighted by Gasteiger charge is -2.35. The zero-order chi connectivity index (χ0) is 14.1. The molecule has 3 heterocycles. The van der Waals surface area contributed by atoms with Gasteiger partial charge < -0.3 is 9.80 Å². The molecule has 5 nitrogen and oxygen atoms in total. The van der Waals surface area contributed by atoms with E-state index in [2.05, 4.69) is 24.1 Å². The lowest BCUT2D eigenvalue weighted by Crippen LogP contribution is -2.46. The molecule has 0 bridgehead atoms.